The lowest BCUT2D eigenvalue weighted by Gasteiger charge is -2.06. The average molecular weight is 1290 g/mol. The number of aromatic nitrogens is 3. The summed E-state index contributed by atoms with van der Waals surface area (Å²) in [5.74, 6) is 2.13. The Kier molecular flexibility index (Phi) is 22.2. The molecule has 9 aromatic carbocycles. The molecule has 99 heavy (non-hydrogen) atoms. The lowest BCUT2D eigenvalue weighted by Crippen LogP contribution is -1.97. The lowest BCUT2D eigenvalue weighted by molar-refractivity contribution is 0.304. The first-order valence-corrected chi connectivity index (χ1v) is 35.8. The predicted octanol–water partition coefficient (Wildman–Crippen LogP) is 24.6. The number of nitrogens with zero attached hydrogens (tertiary/aromatic N) is 3. The Morgan fingerprint density at radius 3 is 0.606 bits per heavy atom. The minimum absolute atomic E-state index is 0.592. The number of unbranched alkanes of at least 4 members (excludes halogenated alkanes) is 15. The van der Waals surface area contributed by atoms with E-state index in [2.05, 4.69) is 239 Å². The largest absolute Gasteiger partial charge is 0.493 e. The first kappa shape index (κ1) is 66.4. The third-order valence-corrected chi connectivity index (χ3v) is 18.1. The smallest absolute Gasteiger partial charge is 0.124 e. The molecule has 0 spiro atoms. The van der Waals surface area contributed by atoms with Gasteiger partial charge in [-0.25, -0.2) is 15.0 Å². The Morgan fingerprint density at radius 2 is 0.394 bits per heavy atom. The Labute approximate surface area is 584 Å². The zero-order chi connectivity index (χ0) is 67.4. The molecule has 0 atom stereocenters. The van der Waals surface area contributed by atoms with E-state index in [4.69, 9.17) is 29.2 Å². The molecular weight excluding hydrogens is 1210 g/mol. The predicted molar refractivity (Wildman–Crippen MR) is 412 cm³/mol. The van der Waals surface area contributed by atoms with Gasteiger partial charge in [-0.1, -0.05) is 190 Å². The molecular formula is C93H81N3O3. The minimum Gasteiger partial charge on any atom is -0.493 e. The molecule has 0 saturated carbocycles. The molecule has 0 amide bonds. The third kappa shape index (κ3) is 18.5. The van der Waals surface area contributed by atoms with Crippen LogP contribution in [0.4, 0.5) is 0 Å². The summed E-state index contributed by atoms with van der Waals surface area (Å²) in [6, 6.07) is 104. The Bertz CT molecular complexity index is 4560. The van der Waals surface area contributed by atoms with Gasteiger partial charge in [0.25, 0.3) is 0 Å². The van der Waals surface area contributed by atoms with Crippen molar-refractivity contribution in [3.8, 4) is 17.2 Å². The van der Waals surface area contributed by atoms with Crippen LogP contribution in [0.25, 0.3) is 130 Å². The van der Waals surface area contributed by atoms with Crippen molar-refractivity contribution >= 4 is 130 Å². The van der Waals surface area contributed by atoms with E-state index in [0.29, 0.717) is 70.2 Å². The summed E-state index contributed by atoms with van der Waals surface area (Å²) in [5.41, 5.74) is 3.55. The van der Waals surface area contributed by atoms with Gasteiger partial charge in [-0.05, 0) is 229 Å². The van der Waals surface area contributed by atoms with Crippen molar-refractivity contribution in [1.82, 2.24) is 15.0 Å². The normalized spacial score (nSPS) is 10.9. The molecule has 18 bridgehead atoms. The van der Waals surface area contributed by atoms with Crippen molar-refractivity contribution in [2.75, 3.05) is 19.8 Å². The zero-order valence-electron chi connectivity index (χ0n) is 57.2. The van der Waals surface area contributed by atoms with E-state index in [9.17, 15) is 0 Å². The summed E-state index contributed by atoms with van der Waals surface area (Å²) in [6.07, 6.45) is 21.2. The molecule has 0 aliphatic rings. The Morgan fingerprint density at radius 1 is 0.202 bits per heavy atom. The van der Waals surface area contributed by atoms with Gasteiger partial charge in [-0.2, -0.15) is 0 Å². The molecule has 0 saturated heterocycles. The molecule has 0 unspecified atom stereocenters. The summed E-state index contributed by atoms with van der Waals surface area (Å²) >= 11 is 0. The molecule has 6 nitrogen and oxygen atoms in total. The minimum atomic E-state index is 0.592. The van der Waals surface area contributed by atoms with Crippen molar-refractivity contribution in [2.45, 2.75) is 136 Å². The van der Waals surface area contributed by atoms with Crippen LogP contribution in [0.5, 0.6) is 17.2 Å². The van der Waals surface area contributed by atoms with Crippen LogP contribution in [-0.4, -0.2) is 34.8 Å². The lowest BCUT2D eigenvalue weighted by atomic mass is 10.0. The summed E-state index contributed by atoms with van der Waals surface area (Å²) in [5, 5.41) is 18.5. The van der Waals surface area contributed by atoms with E-state index in [-0.39, 0.29) is 0 Å². The van der Waals surface area contributed by atoms with Crippen LogP contribution >= 0.6 is 0 Å². The molecule has 4 heterocycles. The molecule has 0 N–H and O–H groups in total. The first-order chi connectivity index (χ1) is 48.8. The molecule has 13 rings (SSSR count). The fraction of sp³-hybridized carbons (Fsp3) is 0.258. The van der Waals surface area contributed by atoms with Crippen LogP contribution in [-0.2, 0) is 0 Å². The van der Waals surface area contributed by atoms with Crippen LogP contribution < -0.4 is 14.2 Å². The molecule has 4 aromatic heterocycles. The van der Waals surface area contributed by atoms with Crippen LogP contribution in [0.3, 0.4) is 0 Å². The van der Waals surface area contributed by atoms with E-state index in [1.807, 2.05) is 36.4 Å². The van der Waals surface area contributed by atoms with Gasteiger partial charge in [0, 0.05) is 68.7 Å². The Balaban J connectivity index is 0.922. The van der Waals surface area contributed by atoms with E-state index in [1.165, 1.54) is 77.0 Å². The van der Waals surface area contributed by atoms with Gasteiger partial charge >= 0.3 is 0 Å². The van der Waals surface area contributed by atoms with Crippen LogP contribution in [0.1, 0.15) is 136 Å². The summed E-state index contributed by atoms with van der Waals surface area (Å²) in [7, 11) is 0. The summed E-state index contributed by atoms with van der Waals surface area (Å²) in [4.78, 5) is 14.9. The van der Waals surface area contributed by atoms with Gasteiger partial charge in [0.15, 0.2) is 0 Å². The molecule has 6 heteroatoms. The number of ether oxygens (including phenoxy) is 3. The maximum atomic E-state index is 6.42. The number of pyridine rings is 3. The highest BCUT2D eigenvalue weighted by Gasteiger charge is 2.06. The second-order valence-corrected chi connectivity index (χ2v) is 26.0. The van der Waals surface area contributed by atoms with Gasteiger partial charge in [0.2, 0.25) is 0 Å². The van der Waals surface area contributed by atoms with Crippen molar-refractivity contribution in [3.05, 3.63) is 255 Å². The molecule has 13 aromatic rings. The number of rotatable bonds is 24. The van der Waals surface area contributed by atoms with E-state index in [1.54, 1.807) is 0 Å². The maximum absolute atomic E-state index is 6.42. The third-order valence-electron chi connectivity index (χ3n) is 18.1. The summed E-state index contributed by atoms with van der Waals surface area (Å²) in [6.45, 7) is 8.58. The van der Waals surface area contributed by atoms with Crippen LogP contribution in [0.15, 0.2) is 182 Å². The van der Waals surface area contributed by atoms with Crippen LogP contribution in [0, 0.1) is 72.8 Å². The molecule has 0 aliphatic heterocycles. The second kappa shape index (κ2) is 33.1. The number of hydrogen-bond donors (Lipinski definition) is 0. The quantitative estimate of drug-likeness (QED) is 0.0444. The van der Waals surface area contributed by atoms with Crippen molar-refractivity contribution in [3.63, 3.8) is 0 Å². The standard InChI is InChI=1S/C93H81N3O3/c1-4-7-10-13-16-19-46-97-91-61-85-40-28-67-22-34-73-55-75-36-24-69(51-81(75)58-79(73)49-67)30-42-87-63-92(98-47-20-17-14-11-8-5-2)65-89(95-87)44-32-71-26-38-77-57-78-39-27-72(54-84(78)60-83(77)53-71)33-45-90-66-93(99-48-21-18-15-12-9-6-3)64-88(96-90)43-31-70-25-37-76-56-74-35-23-68(29-41-86(62-91)94-85)50-80(74)59-82(76)52-70/h22-27,34-39,49-66H,4-21,46-48H2,1-3H3. The van der Waals surface area contributed by atoms with Gasteiger partial charge in [-0.3, -0.25) is 0 Å². The highest BCUT2D eigenvalue weighted by molar-refractivity contribution is 6.03. The average Bonchev–Trinajstić information content (AvgIpc) is 2.08. The monoisotopic (exact) mass is 1290 g/mol. The zero-order valence-corrected chi connectivity index (χ0v) is 57.2. The number of fused-ring (bicyclic) bond motifs is 12. The second-order valence-electron chi connectivity index (χ2n) is 26.0. The fourth-order valence-electron chi connectivity index (χ4n) is 12.6. The Hall–Kier alpha value is -11.3. The van der Waals surface area contributed by atoms with Gasteiger partial charge < -0.3 is 14.2 Å². The fourth-order valence-corrected chi connectivity index (χ4v) is 12.6. The summed E-state index contributed by atoms with van der Waals surface area (Å²) < 4.78 is 19.2. The van der Waals surface area contributed by atoms with Crippen molar-refractivity contribution in [1.29, 1.82) is 0 Å². The van der Waals surface area contributed by atoms with Gasteiger partial charge in [-0.15, -0.1) is 0 Å². The first-order valence-electron chi connectivity index (χ1n) is 35.8. The van der Waals surface area contributed by atoms with Crippen molar-refractivity contribution in [2.24, 2.45) is 0 Å². The molecule has 0 fully saturated rings. The number of hydrogen-bond acceptors (Lipinski definition) is 6. The highest BCUT2D eigenvalue weighted by atomic mass is 16.5. The SMILES string of the molecule is CCCCCCCCOc1cc2c#cc3ccc4cc5ccc(c#cc6cc(OCCCCCCCC)cc(c#cc7ccc8cc9ccc(c#cc%10cc(OCCCCCCCC)cc(c#cc%11ccc%12cc%13ccc(c#cc(c1)n2)cc%13cc%12c%11)n%10)cc9cc8c7)n6)cc5cc4c3. The molecule has 0 aliphatic carbocycles. The maximum Gasteiger partial charge on any atom is 0.124 e. The topological polar surface area (TPSA) is 66.4 Å². The number of benzene rings is 9. The van der Waals surface area contributed by atoms with Gasteiger partial charge in [0.05, 0.1) is 19.8 Å². The van der Waals surface area contributed by atoms with E-state index < -0.39 is 0 Å². The van der Waals surface area contributed by atoms with E-state index >= 15 is 0 Å². The van der Waals surface area contributed by atoms with Gasteiger partial charge in [0.1, 0.15) is 50.3 Å². The van der Waals surface area contributed by atoms with E-state index in [0.717, 1.165) is 135 Å². The highest BCUT2D eigenvalue weighted by Crippen LogP contribution is 2.29. The molecule has 0 radical (unpaired) electrons. The van der Waals surface area contributed by atoms with Crippen LogP contribution in [0.2, 0.25) is 0 Å². The van der Waals surface area contributed by atoms with Crippen molar-refractivity contribution < 1.29 is 14.2 Å². The molecule has 486 valence electrons.